The topological polar surface area (TPSA) is 108 Å². The van der Waals surface area contributed by atoms with Crippen molar-refractivity contribution in [2.45, 2.75) is 174 Å². The number of carbonyl (C=O) groups excluding carboxylic acids is 2. The molecule has 0 saturated heterocycles. The zero-order chi connectivity index (χ0) is 55.6. The van der Waals surface area contributed by atoms with Crippen molar-refractivity contribution in [3.05, 3.63) is 182 Å². The van der Waals surface area contributed by atoms with Gasteiger partial charge in [-0.25, -0.2) is 4.57 Å². The number of hydrogen-bond donors (Lipinski definition) is 1. The fourth-order valence-corrected chi connectivity index (χ4v) is 7.34. The monoisotopic (exact) mass is 1070 g/mol. The number of esters is 2. The summed E-state index contributed by atoms with van der Waals surface area (Å²) in [4.78, 5) is 35.7. The van der Waals surface area contributed by atoms with E-state index in [0.29, 0.717) is 23.9 Å². The number of quaternary nitrogens is 1. The summed E-state index contributed by atoms with van der Waals surface area (Å²) < 4.78 is 34.4. The van der Waals surface area contributed by atoms with E-state index in [4.69, 9.17) is 18.5 Å². The molecule has 0 aliphatic heterocycles. The Balaban J connectivity index is 4.42. The van der Waals surface area contributed by atoms with Gasteiger partial charge in [-0.05, 0) is 135 Å². The third-order valence-electron chi connectivity index (χ3n) is 10.9. The molecule has 2 atom stereocenters. The van der Waals surface area contributed by atoms with Crippen LogP contribution in [0.25, 0.3) is 0 Å². The molecule has 0 saturated carbocycles. The van der Waals surface area contributed by atoms with Crippen molar-refractivity contribution in [1.29, 1.82) is 0 Å². The molecule has 10 heteroatoms. The number of phosphoric acid groups is 1. The van der Waals surface area contributed by atoms with Crippen LogP contribution in [0, 0.1) is 0 Å². The Labute approximate surface area is 463 Å². The maximum Gasteiger partial charge on any atom is 0.472 e. The highest BCUT2D eigenvalue weighted by Gasteiger charge is 2.27. The maximum atomic E-state index is 12.8. The predicted molar refractivity (Wildman–Crippen MR) is 325 cm³/mol. The summed E-state index contributed by atoms with van der Waals surface area (Å²) in [5, 5.41) is 0. The molecule has 0 fully saturated rings. The van der Waals surface area contributed by atoms with Crippen molar-refractivity contribution < 1.29 is 42.1 Å². The van der Waals surface area contributed by atoms with E-state index in [0.717, 1.165) is 128 Å². The Hall–Kier alpha value is -4.89. The first-order chi connectivity index (χ1) is 37.0. The first kappa shape index (κ1) is 71.1. The Morgan fingerprint density at radius 3 is 1.05 bits per heavy atom. The van der Waals surface area contributed by atoms with Crippen molar-refractivity contribution in [2.24, 2.45) is 0 Å². The Morgan fingerprint density at radius 2 is 0.711 bits per heavy atom. The van der Waals surface area contributed by atoms with Crippen LogP contribution in [-0.4, -0.2) is 74.9 Å². The number of likely N-dealkylation sites (N-methyl/N-ethyl adjacent to an activating group) is 1. The summed E-state index contributed by atoms with van der Waals surface area (Å²) in [6.45, 7) is 4.07. The number of allylic oxidation sites excluding steroid dienone is 30. The van der Waals surface area contributed by atoms with Crippen LogP contribution in [0.5, 0.6) is 0 Å². The smallest absolute Gasteiger partial charge is 0.462 e. The van der Waals surface area contributed by atoms with Crippen molar-refractivity contribution >= 4 is 19.8 Å². The molecular weight excluding hydrogens is 966 g/mol. The van der Waals surface area contributed by atoms with Crippen LogP contribution >= 0.6 is 7.82 Å². The van der Waals surface area contributed by atoms with E-state index in [1.807, 2.05) is 21.1 Å². The molecule has 0 aromatic heterocycles. The van der Waals surface area contributed by atoms with Gasteiger partial charge in [0, 0.05) is 12.8 Å². The van der Waals surface area contributed by atoms with Crippen molar-refractivity contribution in [1.82, 2.24) is 0 Å². The van der Waals surface area contributed by atoms with Crippen LogP contribution < -0.4 is 0 Å². The van der Waals surface area contributed by atoms with Gasteiger partial charge in [0.2, 0.25) is 0 Å². The molecule has 2 unspecified atom stereocenters. The lowest BCUT2D eigenvalue weighted by Crippen LogP contribution is -2.37. The fourth-order valence-electron chi connectivity index (χ4n) is 6.60. The molecule has 0 aliphatic carbocycles. The first-order valence-electron chi connectivity index (χ1n) is 28.5. The second kappa shape index (κ2) is 54.9. The van der Waals surface area contributed by atoms with Crippen LogP contribution in [0.15, 0.2) is 182 Å². The van der Waals surface area contributed by atoms with Gasteiger partial charge in [0.25, 0.3) is 0 Å². The molecule has 0 heterocycles. The Bertz CT molecular complexity index is 1930. The van der Waals surface area contributed by atoms with Gasteiger partial charge in [0.15, 0.2) is 6.10 Å². The van der Waals surface area contributed by atoms with E-state index in [9.17, 15) is 19.0 Å². The molecule has 0 aromatic rings. The van der Waals surface area contributed by atoms with E-state index < -0.39 is 32.5 Å². The number of rotatable bonds is 49. The lowest BCUT2D eigenvalue weighted by molar-refractivity contribution is -0.870. The highest BCUT2D eigenvalue weighted by Crippen LogP contribution is 2.43. The first-order valence-corrected chi connectivity index (χ1v) is 30.0. The molecule has 0 aromatic carbocycles. The third kappa shape index (κ3) is 58.4. The highest BCUT2D eigenvalue weighted by molar-refractivity contribution is 7.47. The standard InChI is InChI=1S/C66H102NO8P/c1-6-8-10-12-14-16-18-20-22-24-26-28-30-32-33-35-37-39-41-43-45-47-49-51-53-55-57-59-66(69)75-64(63-74-76(70,71)73-61-60-67(3,4)5)62-72-65(68)58-56-54-52-50-48-46-44-42-40-38-36-34-31-29-27-25-23-21-19-17-15-13-11-9-7-2/h8-11,14-17,20-23,26-29,32-34,36-37,39-40,42-43,45-46,48-49,51,64H,6-7,12-13,18-19,24-25,30-31,35,38,41,44,47,50,52-63H2,1-5H3/p+1/b10-8-,11-9-,16-14-,17-15-,22-20-,23-21-,28-26-,29-27-,33-32-,36-34-,39-37-,42-40-,45-43-,48-46-,51-49-. The van der Waals surface area contributed by atoms with Gasteiger partial charge in [-0.2, -0.15) is 0 Å². The van der Waals surface area contributed by atoms with Gasteiger partial charge in [0.1, 0.15) is 19.8 Å². The molecule has 9 nitrogen and oxygen atoms in total. The second-order valence-electron chi connectivity index (χ2n) is 19.2. The average Bonchev–Trinajstić information content (AvgIpc) is 3.38. The van der Waals surface area contributed by atoms with Gasteiger partial charge < -0.3 is 18.9 Å². The molecular formula is C66H103NO8P+. The summed E-state index contributed by atoms with van der Waals surface area (Å²) in [6, 6.07) is 0. The van der Waals surface area contributed by atoms with Crippen molar-refractivity contribution in [3.63, 3.8) is 0 Å². The minimum absolute atomic E-state index is 0.00500. The molecule has 0 spiro atoms. The molecule has 0 bridgehead atoms. The normalized spacial score (nSPS) is 14.7. The van der Waals surface area contributed by atoms with E-state index in [2.05, 4.69) is 196 Å². The highest BCUT2D eigenvalue weighted by atomic mass is 31.2. The summed E-state index contributed by atoms with van der Waals surface area (Å²) in [5.74, 6) is -0.908. The summed E-state index contributed by atoms with van der Waals surface area (Å²) >= 11 is 0. The van der Waals surface area contributed by atoms with Crippen LogP contribution in [0.3, 0.4) is 0 Å². The maximum absolute atomic E-state index is 12.8. The molecule has 0 rings (SSSR count). The molecule has 0 radical (unpaired) electrons. The van der Waals surface area contributed by atoms with Crippen LogP contribution in [0.2, 0.25) is 0 Å². The molecule has 1 N–H and O–H groups in total. The SMILES string of the molecule is CC/C=C\C/C=C\C/C=C\C/C=C\C/C=C\C/C=C\C/C=C\C/C=C\CCCCC(=O)OC(COC(=O)CCCCC/C=C\C/C=C\C/C=C\C/C=C\C/C=C\C/C=C\C/C=C\CC)COP(=O)(O)OCC[N+](C)(C)C. The largest absolute Gasteiger partial charge is 0.472 e. The van der Waals surface area contributed by atoms with Crippen LogP contribution in [0.4, 0.5) is 0 Å². The third-order valence-corrected chi connectivity index (χ3v) is 11.9. The summed E-state index contributed by atoms with van der Waals surface area (Å²) in [5.41, 5.74) is 0. The molecule has 0 aliphatic rings. The average molecular weight is 1070 g/mol. The van der Waals surface area contributed by atoms with Gasteiger partial charge in [0.05, 0.1) is 27.7 Å². The quantitative estimate of drug-likeness (QED) is 0.0211. The van der Waals surface area contributed by atoms with Gasteiger partial charge in [-0.15, -0.1) is 0 Å². The lowest BCUT2D eigenvalue weighted by Gasteiger charge is -2.24. The van der Waals surface area contributed by atoms with E-state index in [1.54, 1.807) is 0 Å². The van der Waals surface area contributed by atoms with Crippen molar-refractivity contribution in [3.8, 4) is 0 Å². The van der Waals surface area contributed by atoms with E-state index in [-0.39, 0.29) is 26.1 Å². The molecule has 424 valence electrons. The zero-order valence-electron chi connectivity index (χ0n) is 47.9. The fraction of sp³-hybridized carbons (Fsp3) is 0.515. The lowest BCUT2D eigenvalue weighted by atomic mass is 10.1. The Kier molecular flexibility index (Phi) is 51.4. The summed E-state index contributed by atoms with van der Waals surface area (Å²) in [6.07, 6.45) is 85.3. The van der Waals surface area contributed by atoms with Crippen LogP contribution in [0.1, 0.15) is 168 Å². The predicted octanol–water partition coefficient (Wildman–Crippen LogP) is 18.0. The van der Waals surface area contributed by atoms with Crippen LogP contribution in [-0.2, 0) is 32.7 Å². The number of hydrogen-bond acceptors (Lipinski definition) is 7. The number of ether oxygens (including phenoxy) is 2. The minimum Gasteiger partial charge on any atom is -0.462 e. The van der Waals surface area contributed by atoms with Gasteiger partial charge >= 0.3 is 19.8 Å². The molecule has 0 amide bonds. The summed E-state index contributed by atoms with van der Waals surface area (Å²) in [7, 11) is 1.39. The zero-order valence-corrected chi connectivity index (χ0v) is 48.8. The number of nitrogens with zero attached hydrogens (tertiary/aromatic N) is 1. The van der Waals surface area contributed by atoms with Crippen molar-refractivity contribution in [2.75, 3.05) is 47.5 Å². The van der Waals surface area contributed by atoms with Gasteiger partial charge in [-0.1, -0.05) is 203 Å². The number of unbranched alkanes of at least 4 members (excludes halogenated alkanes) is 5. The number of phosphoric ester groups is 1. The second-order valence-corrected chi connectivity index (χ2v) is 20.7. The molecule has 76 heavy (non-hydrogen) atoms. The Morgan fingerprint density at radius 1 is 0.408 bits per heavy atom. The van der Waals surface area contributed by atoms with Gasteiger partial charge in [-0.3, -0.25) is 18.6 Å². The minimum atomic E-state index is -4.42. The van der Waals surface area contributed by atoms with E-state index >= 15 is 0 Å². The van der Waals surface area contributed by atoms with E-state index in [1.165, 1.54) is 0 Å². The number of carbonyl (C=O) groups is 2.